The summed E-state index contributed by atoms with van der Waals surface area (Å²) in [6, 6.07) is 9.46. The van der Waals surface area contributed by atoms with Crippen LogP contribution in [0.25, 0.3) is 0 Å². The molecule has 0 fully saturated rings. The molecule has 0 radical (unpaired) electrons. The Morgan fingerprint density at radius 1 is 1.10 bits per heavy atom. The predicted octanol–water partition coefficient (Wildman–Crippen LogP) is 4.11. The van der Waals surface area contributed by atoms with Crippen LogP contribution in [-0.4, -0.2) is 23.2 Å². The third-order valence-electron chi connectivity index (χ3n) is 2.45. The number of rotatable bonds is 3. The Balaban J connectivity index is 2.20. The van der Waals surface area contributed by atoms with Gasteiger partial charge in [0.15, 0.2) is 0 Å². The lowest BCUT2D eigenvalue weighted by atomic mass is 10.3. The summed E-state index contributed by atoms with van der Waals surface area (Å²) in [5, 5.41) is 0.476. The van der Waals surface area contributed by atoms with Crippen LogP contribution in [0.4, 0.5) is 0 Å². The molecule has 0 saturated carbocycles. The quantitative estimate of drug-likeness (QED) is 0.621. The van der Waals surface area contributed by atoms with Gasteiger partial charge in [-0.3, -0.25) is 4.79 Å². The van der Waals surface area contributed by atoms with Crippen LogP contribution in [0.1, 0.15) is 21.0 Å². The van der Waals surface area contributed by atoms with Crippen molar-refractivity contribution in [2.75, 3.05) is 7.11 Å². The fraction of sp³-hybridized carbons (Fsp3) is 0.0714. The summed E-state index contributed by atoms with van der Waals surface area (Å²) in [6.07, 6.45) is 0. The molecule has 2 aromatic rings. The molecule has 0 atom stereocenters. The van der Waals surface area contributed by atoms with Crippen molar-refractivity contribution < 1.29 is 14.3 Å². The minimum Gasteiger partial charge on any atom is -0.464 e. The molecule has 0 amide bonds. The molecule has 1 aromatic heterocycles. The maximum absolute atomic E-state index is 12.1. The number of hydrogen-bond acceptors (Lipinski definition) is 5. The molecule has 0 N–H and O–H groups in total. The molecular weight excluding hydrogens is 333 g/mol. The van der Waals surface area contributed by atoms with Gasteiger partial charge in [0.05, 0.1) is 17.2 Å². The summed E-state index contributed by atoms with van der Waals surface area (Å²) >= 11 is 12.7. The molecule has 108 valence electrons. The minimum atomic E-state index is -0.593. The maximum Gasteiger partial charge on any atom is 0.356 e. The van der Waals surface area contributed by atoms with Crippen molar-refractivity contribution in [1.29, 1.82) is 0 Å². The van der Waals surface area contributed by atoms with Crippen LogP contribution < -0.4 is 0 Å². The Morgan fingerprint density at radius 3 is 2.48 bits per heavy atom. The number of aromatic nitrogens is 1. The molecular formula is C14H9Cl2NO3S. The summed E-state index contributed by atoms with van der Waals surface area (Å²) in [7, 11) is 1.25. The molecule has 0 saturated heterocycles. The Bertz CT molecular complexity index is 706. The van der Waals surface area contributed by atoms with Crippen LogP contribution >= 0.6 is 35.0 Å². The van der Waals surface area contributed by atoms with Crippen molar-refractivity contribution in [1.82, 2.24) is 4.98 Å². The smallest absolute Gasteiger partial charge is 0.356 e. The summed E-state index contributed by atoms with van der Waals surface area (Å²) < 4.78 is 4.57. The fourth-order valence-electron chi connectivity index (χ4n) is 1.47. The number of carbonyl (C=O) groups is 2. The van der Waals surface area contributed by atoms with Gasteiger partial charge in [-0.25, -0.2) is 9.78 Å². The number of halogens is 2. The van der Waals surface area contributed by atoms with Crippen molar-refractivity contribution in [3.63, 3.8) is 0 Å². The Hall–Kier alpha value is -1.56. The van der Waals surface area contributed by atoms with E-state index in [-0.39, 0.29) is 16.5 Å². The molecule has 7 heteroatoms. The van der Waals surface area contributed by atoms with Gasteiger partial charge in [-0.1, -0.05) is 29.3 Å². The average molecular weight is 342 g/mol. The van der Waals surface area contributed by atoms with E-state index in [1.165, 1.54) is 19.2 Å². The third kappa shape index (κ3) is 3.97. The van der Waals surface area contributed by atoms with E-state index in [4.69, 9.17) is 23.2 Å². The first-order chi connectivity index (χ1) is 10.0. The third-order valence-corrected chi connectivity index (χ3v) is 4.08. The molecule has 0 bridgehead atoms. The monoisotopic (exact) mass is 341 g/mol. The highest BCUT2D eigenvalue weighted by Crippen LogP contribution is 2.29. The molecule has 0 aliphatic heterocycles. The van der Waals surface area contributed by atoms with Gasteiger partial charge >= 0.3 is 5.97 Å². The molecule has 0 aliphatic carbocycles. The molecule has 2 rings (SSSR count). The number of ether oxygens (including phenoxy) is 1. The topological polar surface area (TPSA) is 56.3 Å². The minimum absolute atomic E-state index is 0.0816. The molecule has 21 heavy (non-hydrogen) atoms. The van der Waals surface area contributed by atoms with Crippen molar-refractivity contribution in [2.45, 2.75) is 4.90 Å². The summed E-state index contributed by atoms with van der Waals surface area (Å²) in [4.78, 5) is 28.2. The number of esters is 1. The van der Waals surface area contributed by atoms with Crippen LogP contribution in [0.2, 0.25) is 10.0 Å². The van der Waals surface area contributed by atoms with Crippen LogP contribution in [0.5, 0.6) is 0 Å². The average Bonchev–Trinajstić information content (AvgIpc) is 2.50. The SMILES string of the molecule is COC(=O)c1cccc(C(=O)Sc2ccc(Cl)c(Cl)c2)n1. The van der Waals surface area contributed by atoms with E-state index < -0.39 is 5.97 Å². The first-order valence-corrected chi connectivity index (χ1v) is 7.31. The lowest BCUT2D eigenvalue weighted by Crippen LogP contribution is -2.07. The van der Waals surface area contributed by atoms with Crippen molar-refractivity contribution >= 4 is 46.0 Å². The van der Waals surface area contributed by atoms with E-state index in [9.17, 15) is 9.59 Å². The van der Waals surface area contributed by atoms with Gasteiger partial charge in [-0.05, 0) is 42.1 Å². The second-order valence-electron chi connectivity index (χ2n) is 3.87. The van der Waals surface area contributed by atoms with Crippen LogP contribution in [-0.2, 0) is 4.74 Å². The van der Waals surface area contributed by atoms with E-state index in [0.29, 0.717) is 14.9 Å². The molecule has 0 aliphatic rings. The molecule has 1 aromatic carbocycles. The first kappa shape index (κ1) is 15.8. The van der Waals surface area contributed by atoms with Gasteiger partial charge < -0.3 is 4.74 Å². The van der Waals surface area contributed by atoms with Crippen LogP contribution in [0.3, 0.4) is 0 Å². The van der Waals surface area contributed by atoms with Gasteiger partial charge in [0.1, 0.15) is 11.4 Å². The second-order valence-corrected chi connectivity index (χ2v) is 5.73. The fourth-order valence-corrected chi connectivity index (χ4v) is 2.57. The molecule has 4 nitrogen and oxygen atoms in total. The number of methoxy groups -OCH3 is 1. The highest BCUT2D eigenvalue weighted by molar-refractivity contribution is 8.14. The van der Waals surface area contributed by atoms with Crippen molar-refractivity contribution in [3.05, 3.63) is 57.8 Å². The molecule has 1 heterocycles. The van der Waals surface area contributed by atoms with Crippen molar-refractivity contribution in [2.24, 2.45) is 0 Å². The normalized spacial score (nSPS) is 10.2. The largest absolute Gasteiger partial charge is 0.464 e. The van der Waals surface area contributed by atoms with E-state index >= 15 is 0 Å². The summed E-state index contributed by atoms with van der Waals surface area (Å²) in [5.74, 6) is -0.593. The van der Waals surface area contributed by atoms with Crippen molar-refractivity contribution in [3.8, 4) is 0 Å². The lowest BCUT2D eigenvalue weighted by Gasteiger charge is -2.04. The first-order valence-electron chi connectivity index (χ1n) is 5.74. The van der Waals surface area contributed by atoms with Crippen LogP contribution in [0, 0.1) is 0 Å². The Kier molecular flexibility index (Phi) is 5.22. The lowest BCUT2D eigenvalue weighted by molar-refractivity contribution is 0.0594. The van der Waals surface area contributed by atoms with Crippen LogP contribution in [0.15, 0.2) is 41.3 Å². The number of thioether (sulfide) groups is 1. The van der Waals surface area contributed by atoms with E-state index in [2.05, 4.69) is 9.72 Å². The van der Waals surface area contributed by atoms with E-state index in [1.54, 1.807) is 24.3 Å². The predicted molar refractivity (Wildman–Crippen MR) is 82.2 cm³/mol. The molecule has 0 spiro atoms. The highest BCUT2D eigenvalue weighted by atomic mass is 35.5. The zero-order valence-electron chi connectivity index (χ0n) is 10.8. The standard InChI is InChI=1S/C14H9Cl2NO3S/c1-20-13(18)11-3-2-4-12(17-11)14(19)21-8-5-6-9(15)10(16)7-8/h2-7H,1H3. The number of carbonyl (C=O) groups excluding carboxylic acids is 2. The summed E-state index contributed by atoms with van der Waals surface area (Å²) in [6.45, 7) is 0. The zero-order chi connectivity index (χ0) is 15.4. The van der Waals surface area contributed by atoms with Gasteiger partial charge in [0.2, 0.25) is 5.12 Å². The number of hydrogen-bond donors (Lipinski definition) is 0. The van der Waals surface area contributed by atoms with Gasteiger partial charge in [-0.15, -0.1) is 0 Å². The van der Waals surface area contributed by atoms with E-state index in [0.717, 1.165) is 11.8 Å². The Morgan fingerprint density at radius 2 is 1.81 bits per heavy atom. The highest BCUT2D eigenvalue weighted by Gasteiger charge is 2.14. The molecule has 0 unspecified atom stereocenters. The number of benzene rings is 1. The van der Waals surface area contributed by atoms with Gasteiger partial charge in [0, 0.05) is 4.90 Å². The van der Waals surface area contributed by atoms with Gasteiger partial charge in [0.25, 0.3) is 0 Å². The number of pyridine rings is 1. The maximum atomic E-state index is 12.1. The van der Waals surface area contributed by atoms with Gasteiger partial charge in [-0.2, -0.15) is 0 Å². The zero-order valence-corrected chi connectivity index (χ0v) is 13.1. The number of nitrogens with zero attached hydrogens (tertiary/aromatic N) is 1. The second kappa shape index (κ2) is 6.93. The Labute approximate surface area is 135 Å². The summed E-state index contributed by atoms with van der Waals surface area (Å²) in [5.41, 5.74) is 0.243. The van der Waals surface area contributed by atoms with E-state index in [1.807, 2.05) is 0 Å².